The van der Waals surface area contributed by atoms with Crippen LogP contribution in [-0.2, 0) is 11.3 Å². The van der Waals surface area contributed by atoms with Gasteiger partial charge in [0.1, 0.15) is 0 Å². The van der Waals surface area contributed by atoms with Gasteiger partial charge < -0.3 is 10.6 Å². The van der Waals surface area contributed by atoms with Crippen molar-refractivity contribution < 1.29 is 4.79 Å². The highest BCUT2D eigenvalue weighted by molar-refractivity contribution is 5.78. The van der Waals surface area contributed by atoms with Crippen LogP contribution < -0.4 is 10.6 Å². The lowest BCUT2D eigenvalue weighted by molar-refractivity contribution is -0.124. The summed E-state index contributed by atoms with van der Waals surface area (Å²) < 4.78 is 0. The molecular formula is C7H14N6O. The highest BCUT2D eigenvalue weighted by Crippen LogP contribution is 1.92. The number of carbonyl (C=O) groups excluding carboxylic acids is 1. The van der Waals surface area contributed by atoms with E-state index in [1.54, 1.807) is 0 Å². The number of nitrogens with zero attached hydrogens (tertiary/aromatic N) is 3. The fourth-order valence-electron chi connectivity index (χ4n) is 0.997. The van der Waals surface area contributed by atoms with Crippen LogP contribution in [0.5, 0.6) is 0 Å². The summed E-state index contributed by atoms with van der Waals surface area (Å²) in [6.45, 7) is 2.81. The molecule has 0 saturated heterocycles. The predicted octanol–water partition coefficient (Wildman–Crippen LogP) is -1.33. The first-order valence-electron chi connectivity index (χ1n) is 4.38. The van der Waals surface area contributed by atoms with Crippen LogP contribution in [0.1, 0.15) is 12.7 Å². The van der Waals surface area contributed by atoms with Gasteiger partial charge in [0, 0.05) is 12.5 Å². The number of rotatable bonds is 5. The quantitative estimate of drug-likeness (QED) is 0.545. The highest BCUT2D eigenvalue weighted by atomic mass is 16.1. The van der Waals surface area contributed by atoms with E-state index in [9.17, 15) is 4.79 Å². The van der Waals surface area contributed by atoms with E-state index in [0.717, 1.165) is 0 Å². The number of carbonyl (C=O) groups is 1. The Labute approximate surface area is 81.7 Å². The molecule has 0 aromatic carbocycles. The van der Waals surface area contributed by atoms with E-state index in [4.69, 9.17) is 0 Å². The molecule has 1 aromatic heterocycles. The van der Waals surface area contributed by atoms with Gasteiger partial charge in [0.05, 0.1) is 6.54 Å². The average Bonchev–Trinajstić information content (AvgIpc) is 2.67. The molecule has 1 heterocycles. The number of hydrogen-bond acceptors (Lipinski definition) is 5. The fraction of sp³-hybridized carbons (Fsp3) is 0.714. The molecule has 0 aliphatic heterocycles. The summed E-state index contributed by atoms with van der Waals surface area (Å²) in [7, 11) is 1.81. The molecular weight excluding hydrogens is 184 g/mol. The Hall–Kier alpha value is -1.50. The zero-order valence-electron chi connectivity index (χ0n) is 8.24. The molecule has 1 unspecified atom stereocenters. The Balaban J connectivity index is 2.27. The maximum absolute atomic E-state index is 11.4. The maximum atomic E-state index is 11.4. The third kappa shape index (κ3) is 3.09. The van der Waals surface area contributed by atoms with Crippen LogP contribution in [0.3, 0.4) is 0 Å². The molecule has 1 rings (SSSR count). The monoisotopic (exact) mass is 198 g/mol. The summed E-state index contributed by atoms with van der Waals surface area (Å²) in [5.74, 6) is 0.394. The largest absolute Gasteiger partial charge is 0.348 e. The second-order valence-electron chi connectivity index (χ2n) is 3.00. The van der Waals surface area contributed by atoms with Crippen LogP contribution in [0.15, 0.2) is 0 Å². The van der Waals surface area contributed by atoms with E-state index < -0.39 is 0 Å². The standard InChI is InChI=1S/C7H14N6O/c1-5(3-8-2)7(14)9-4-6-10-12-13-11-6/h5,8H,3-4H2,1-2H3,(H,9,14)(H,10,11,12,13). The van der Waals surface area contributed by atoms with Gasteiger partial charge in [0.15, 0.2) is 5.82 Å². The van der Waals surface area contributed by atoms with Gasteiger partial charge in [-0.3, -0.25) is 4.79 Å². The van der Waals surface area contributed by atoms with Crippen molar-refractivity contribution in [3.05, 3.63) is 5.82 Å². The van der Waals surface area contributed by atoms with Crippen molar-refractivity contribution in [2.24, 2.45) is 5.92 Å². The average molecular weight is 198 g/mol. The third-order valence-electron chi connectivity index (χ3n) is 1.77. The highest BCUT2D eigenvalue weighted by Gasteiger charge is 2.11. The van der Waals surface area contributed by atoms with Crippen molar-refractivity contribution in [3.8, 4) is 0 Å². The predicted molar refractivity (Wildman–Crippen MR) is 49.1 cm³/mol. The molecule has 0 fully saturated rings. The van der Waals surface area contributed by atoms with Crippen LogP contribution in [-0.4, -0.2) is 40.1 Å². The number of nitrogens with one attached hydrogen (secondary N) is 3. The van der Waals surface area contributed by atoms with Crippen molar-refractivity contribution in [1.29, 1.82) is 0 Å². The minimum absolute atomic E-state index is 0.0239. The summed E-state index contributed by atoms with van der Waals surface area (Å²) in [4.78, 5) is 11.4. The van der Waals surface area contributed by atoms with Crippen molar-refractivity contribution >= 4 is 5.91 Å². The fourth-order valence-corrected chi connectivity index (χ4v) is 0.997. The van der Waals surface area contributed by atoms with Crippen LogP contribution in [0.2, 0.25) is 0 Å². The second kappa shape index (κ2) is 5.28. The maximum Gasteiger partial charge on any atom is 0.224 e. The lowest BCUT2D eigenvalue weighted by atomic mass is 10.1. The molecule has 0 aliphatic carbocycles. The first-order valence-corrected chi connectivity index (χ1v) is 4.38. The number of hydrogen-bond donors (Lipinski definition) is 3. The third-order valence-corrected chi connectivity index (χ3v) is 1.77. The van der Waals surface area contributed by atoms with E-state index >= 15 is 0 Å². The van der Waals surface area contributed by atoms with Crippen LogP contribution >= 0.6 is 0 Å². The molecule has 0 radical (unpaired) electrons. The SMILES string of the molecule is CNCC(C)C(=O)NCc1nn[nH]n1. The first-order chi connectivity index (χ1) is 6.74. The van der Waals surface area contributed by atoms with Gasteiger partial charge in [-0.05, 0) is 7.05 Å². The van der Waals surface area contributed by atoms with Gasteiger partial charge in [-0.1, -0.05) is 12.1 Å². The van der Waals surface area contributed by atoms with E-state index in [-0.39, 0.29) is 11.8 Å². The summed E-state index contributed by atoms with van der Waals surface area (Å²) >= 11 is 0. The van der Waals surface area contributed by atoms with Crippen LogP contribution in [0.4, 0.5) is 0 Å². The number of tetrazole rings is 1. The Morgan fingerprint density at radius 2 is 2.43 bits per heavy atom. The summed E-state index contributed by atoms with van der Waals surface area (Å²) in [6, 6.07) is 0. The van der Waals surface area contributed by atoms with E-state index in [1.165, 1.54) is 0 Å². The summed E-state index contributed by atoms with van der Waals surface area (Å²) in [5, 5.41) is 18.8. The van der Waals surface area contributed by atoms with Gasteiger partial charge >= 0.3 is 0 Å². The summed E-state index contributed by atoms with van der Waals surface area (Å²) in [6.07, 6.45) is 0. The molecule has 0 spiro atoms. The Kier molecular flexibility index (Phi) is 3.99. The Morgan fingerprint density at radius 3 is 3.00 bits per heavy atom. The molecule has 14 heavy (non-hydrogen) atoms. The van der Waals surface area contributed by atoms with Gasteiger partial charge in [-0.25, -0.2) is 0 Å². The van der Waals surface area contributed by atoms with Gasteiger partial charge in [0.25, 0.3) is 0 Å². The Morgan fingerprint density at radius 1 is 1.64 bits per heavy atom. The van der Waals surface area contributed by atoms with Gasteiger partial charge in [-0.15, -0.1) is 10.2 Å². The van der Waals surface area contributed by atoms with Crippen molar-refractivity contribution in [2.45, 2.75) is 13.5 Å². The smallest absolute Gasteiger partial charge is 0.224 e. The minimum Gasteiger partial charge on any atom is -0.348 e. The summed E-state index contributed by atoms with van der Waals surface area (Å²) in [5.41, 5.74) is 0. The van der Waals surface area contributed by atoms with Crippen molar-refractivity contribution in [1.82, 2.24) is 31.3 Å². The first kappa shape index (κ1) is 10.6. The van der Waals surface area contributed by atoms with Crippen molar-refractivity contribution in [3.63, 3.8) is 0 Å². The molecule has 0 aliphatic rings. The molecule has 0 saturated carbocycles. The second-order valence-corrected chi connectivity index (χ2v) is 3.00. The molecule has 7 heteroatoms. The molecule has 1 atom stereocenters. The number of H-pyrrole nitrogens is 1. The van der Waals surface area contributed by atoms with Gasteiger partial charge in [0.2, 0.25) is 5.91 Å². The minimum atomic E-state index is -0.0631. The molecule has 3 N–H and O–H groups in total. The molecule has 0 bridgehead atoms. The zero-order chi connectivity index (χ0) is 10.4. The van der Waals surface area contributed by atoms with E-state index in [1.807, 2.05) is 14.0 Å². The number of amides is 1. The molecule has 1 amide bonds. The molecule has 7 nitrogen and oxygen atoms in total. The lowest BCUT2D eigenvalue weighted by Gasteiger charge is -2.09. The normalized spacial score (nSPS) is 12.4. The Bertz CT molecular complexity index is 272. The number of aromatic amines is 1. The van der Waals surface area contributed by atoms with Crippen LogP contribution in [0.25, 0.3) is 0 Å². The van der Waals surface area contributed by atoms with Crippen molar-refractivity contribution in [2.75, 3.05) is 13.6 Å². The van der Waals surface area contributed by atoms with E-state index in [2.05, 4.69) is 31.3 Å². The number of aromatic nitrogens is 4. The molecule has 78 valence electrons. The topological polar surface area (TPSA) is 95.6 Å². The van der Waals surface area contributed by atoms with Crippen LogP contribution in [0, 0.1) is 5.92 Å². The van der Waals surface area contributed by atoms with Gasteiger partial charge in [-0.2, -0.15) is 5.21 Å². The zero-order valence-corrected chi connectivity index (χ0v) is 8.24. The van der Waals surface area contributed by atoms with E-state index in [0.29, 0.717) is 18.9 Å². The molecule has 1 aromatic rings. The lowest BCUT2D eigenvalue weighted by Crippen LogP contribution is -2.34.